The minimum Gasteiger partial charge on any atom is -0.298 e. The van der Waals surface area contributed by atoms with E-state index in [4.69, 9.17) is 23.2 Å². The van der Waals surface area contributed by atoms with Crippen molar-refractivity contribution in [2.24, 2.45) is 0 Å². The highest BCUT2D eigenvalue weighted by atomic mass is 35.5. The molecule has 0 aromatic rings. The minimum absolute atomic E-state index is 0.0709. The predicted molar refractivity (Wildman–Crippen MR) is 39.9 cm³/mol. The fraction of sp³-hybridized carbons (Fsp3) is 0.500. The van der Waals surface area contributed by atoms with E-state index in [0.717, 1.165) is 0 Å². The SMILES string of the molecule is C=C(Cl)CC(Cl)C(C)=O. The Morgan fingerprint density at radius 3 is 2.33 bits per heavy atom. The molecule has 1 unspecified atom stereocenters. The van der Waals surface area contributed by atoms with Crippen molar-refractivity contribution in [2.75, 3.05) is 0 Å². The van der Waals surface area contributed by atoms with Crippen LogP contribution < -0.4 is 0 Å². The molecule has 0 fully saturated rings. The summed E-state index contributed by atoms with van der Waals surface area (Å²) in [7, 11) is 0. The van der Waals surface area contributed by atoms with Gasteiger partial charge in [-0.1, -0.05) is 18.2 Å². The van der Waals surface area contributed by atoms with Crippen LogP contribution >= 0.6 is 23.2 Å². The largest absolute Gasteiger partial charge is 0.298 e. The highest BCUT2D eigenvalue weighted by Gasteiger charge is 2.09. The van der Waals surface area contributed by atoms with Gasteiger partial charge in [-0.05, 0) is 6.92 Å². The monoisotopic (exact) mass is 166 g/mol. The third-order valence-electron chi connectivity index (χ3n) is 0.842. The molecular weight excluding hydrogens is 159 g/mol. The van der Waals surface area contributed by atoms with E-state index in [0.29, 0.717) is 11.5 Å². The van der Waals surface area contributed by atoms with Crippen molar-refractivity contribution < 1.29 is 4.79 Å². The molecule has 1 atom stereocenters. The first kappa shape index (κ1) is 8.99. The number of alkyl halides is 1. The van der Waals surface area contributed by atoms with Gasteiger partial charge in [0.25, 0.3) is 0 Å². The Hall–Kier alpha value is -0.0100. The van der Waals surface area contributed by atoms with Crippen molar-refractivity contribution >= 4 is 29.0 Å². The van der Waals surface area contributed by atoms with Crippen LogP contribution in [0.15, 0.2) is 11.6 Å². The third-order valence-corrected chi connectivity index (χ3v) is 1.46. The second-order valence-corrected chi connectivity index (χ2v) is 2.86. The van der Waals surface area contributed by atoms with Crippen LogP contribution in [0.5, 0.6) is 0 Å². The number of hydrogen-bond donors (Lipinski definition) is 0. The Kier molecular flexibility index (Phi) is 3.91. The number of Topliss-reactive ketones (excluding diaryl/α,β-unsaturated/α-hetero) is 1. The maximum Gasteiger partial charge on any atom is 0.147 e. The van der Waals surface area contributed by atoms with Gasteiger partial charge in [0.1, 0.15) is 5.78 Å². The molecule has 0 rings (SSSR count). The van der Waals surface area contributed by atoms with E-state index in [1.807, 2.05) is 0 Å². The van der Waals surface area contributed by atoms with E-state index in [9.17, 15) is 4.79 Å². The number of allylic oxidation sites excluding steroid dienone is 1. The van der Waals surface area contributed by atoms with Crippen LogP contribution in [0.4, 0.5) is 0 Å². The van der Waals surface area contributed by atoms with Crippen molar-refractivity contribution in [2.45, 2.75) is 18.7 Å². The van der Waals surface area contributed by atoms with Crippen LogP contribution in [0.25, 0.3) is 0 Å². The van der Waals surface area contributed by atoms with Crippen molar-refractivity contribution in [3.63, 3.8) is 0 Å². The number of ketones is 1. The first-order chi connectivity index (χ1) is 4.04. The van der Waals surface area contributed by atoms with Gasteiger partial charge in [0, 0.05) is 11.5 Å². The van der Waals surface area contributed by atoms with Gasteiger partial charge in [-0.15, -0.1) is 11.6 Å². The molecule has 0 aliphatic carbocycles. The zero-order valence-electron chi connectivity index (χ0n) is 5.16. The third kappa shape index (κ3) is 4.49. The first-order valence-electron chi connectivity index (χ1n) is 2.52. The van der Waals surface area contributed by atoms with E-state index in [2.05, 4.69) is 6.58 Å². The lowest BCUT2D eigenvalue weighted by Gasteiger charge is -2.00. The van der Waals surface area contributed by atoms with Crippen LogP contribution in [0, 0.1) is 0 Å². The molecule has 52 valence electrons. The molecule has 0 aliphatic rings. The molecule has 0 saturated heterocycles. The first-order valence-corrected chi connectivity index (χ1v) is 3.33. The van der Waals surface area contributed by atoms with Gasteiger partial charge >= 0.3 is 0 Å². The van der Waals surface area contributed by atoms with Crippen LogP contribution in [-0.4, -0.2) is 11.2 Å². The quantitative estimate of drug-likeness (QED) is 0.589. The Balaban J connectivity index is 3.63. The van der Waals surface area contributed by atoms with Gasteiger partial charge < -0.3 is 0 Å². The summed E-state index contributed by atoms with van der Waals surface area (Å²) < 4.78 is 0. The summed E-state index contributed by atoms with van der Waals surface area (Å²) in [6, 6.07) is 0. The summed E-state index contributed by atoms with van der Waals surface area (Å²) in [4.78, 5) is 10.4. The van der Waals surface area contributed by atoms with Gasteiger partial charge in [0.05, 0.1) is 5.38 Å². The van der Waals surface area contributed by atoms with Gasteiger partial charge in [0.2, 0.25) is 0 Å². The molecule has 0 heterocycles. The number of halogens is 2. The molecule has 0 spiro atoms. The molecule has 0 N–H and O–H groups in total. The van der Waals surface area contributed by atoms with Crippen LogP contribution in [0.3, 0.4) is 0 Å². The van der Waals surface area contributed by atoms with Crippen molar-refractivity contribution in [1.29, 1.82) is 0 Å². The second-order valence-electron chi connectivity index (χ2n) is 1.80. The maximum atomic E-state index is 10.4. The fourth-order valence-electron chi connectivity index (χ4n) is 0.338. The molecule has 0 saturated carbocycles. The average Bonchev–Trinajstić information content (AvgIpc) is 1.63. The summed E-state index contributed by atoms with van der Waals surface area (Å²) in [6.07, 6.45) is 0.360. The topological polar surface area (TPSA) is 17.1 Å². The molecule has 0 aromatic carbocycles. The Bertz CT molecular complexity index is 131. The zero-order valence-corrected chi connectivity index (χ0v) is 6.67. The average molecular weight is 167 g/mol. The second kappa shape index (κ2) is 3.91. The predicted octanol–water partition coefficient (Wildman–Crippen LogP) is 2.33. The molecule has 0 radical (unpaired) electrons. The zero-order chi connectivity index (χ0) is 7.44. The summed E-state index contributed by atoms with van der Waals surface area (Å²) in [5, 5.41) is -0.0831. The number of carbonyl (C=O) groups excluding carboxylic acids is 1. The standard InChI is InChI=1S/C6H8Cl2O/c1-4(7)3-6(8)5(2)9/h6H,1,3H2,2H3. The number of rotatable bonds is 3. The maximum absolute atomic E-state index is 10.4. The van der Waals surface area contributed by atoms with E-state index in [1.165, 1.54) is 6.92 Å². The molecular formula is C6H8Cl2O. The van der Waals surface area contributed by atoms with E-state index in [-0.39, 0.29) is 5.78 Å². The minimum atomic E-state index is -0.505. The van der Waals surface area contributed by atoms with Crippen molar-refractivity contribution in [3.8, 4) is 0 Å². The molecule has 9 heavy (non-hydrogen) atoms. The molecule has 0 aliphatic heterocycles. The summed E-state index contributed by atoms with van der Waals surface area (Å²) in [5.74, 6) is -0.0709. The highest BCUT2D eigenvalue weighted by molar-refractivity contribution is 6.34. The van der Waals surface area contributed by atoms with Gasteiger partial charge in [-0.3, -0.25) is 4.79 Å². The number of carbonyl (C=O) groups is 1. The lowest BCUT2D eigenvalue weighted by atomic mass is 10.2. The van der Waals surface area contributed by atoms with Crippen LogP contribution in [-0.2, 0) is 4.79 Å². The number of hydrogen-bond acceptors (Lipinski definition) is 1. The Morgan fingerprint density at radius 1 is 1.78 bits per heavy atom. The fourth-order valence-corrected chi connectivity index (χ4v) is 0.758. The smallest absolute Gasteiger partial charge is 0.147 e. The summed E-state index contributed by atoms with van der Waals surface area (Å²) in [6.45, 7) is 4.83. The van der Waals surface area contributed by atoms with E-state index in [1.54, 1.807) is 0 Å². The van der Waals surface area contributed by atoms with Crippen LogP contribution in [0.1, 0.15) is 13.3 Å². The molecule has 1 nitrogen and oxygen atoms in total. The van der Waals surface area contributed by atoms with Gasteiger partial charge in [-0.25, -0.2) is 0 Å². The van der Waals surface area contributed by atoms with E-state index >= 15 is 0 Å². The molecule has 0 bridgehead atoms. The summed E-state index contributed by atoms with van der Waals surface area (Å²) >= 11 is 10.9. The normalized spacial score (nSPS) is 12.8. The summed E-state index contributed by atoms with van der Waals surface area (Å²) in [5.41, 5.74) is 0. The molecule has 3 heteroatoms. The van der Waals surface area contributed by atoms with Gasteiger partial charge in [-0.2, -0.15) is 0 Å². The van der Waals surface area contributed by atoms with Crippen molar-refractivity contribution in [1.82, 2.24) is 0 Å². The van der Waals surface area contributed by atoms with Crippen LogP contribution in [0.2, 0.25) is 0 Å². The Labute approximate surface area is 64.6 Å². The Morgan fingerprint density at radius 2 is 2.22 bits per heavy atom. The van der Waals surface area contributed by atoms with Gasteiger partial charge in [0.15, 0.2) is 0 Å². The lowest BCUT2D eigenvalue weighted by Crippen LogP contribution is -2.09. The van der Waals surface area contributed by atoms with Crippen molar-refractivity contribution in [3.05, 3.63) is 11.6 Å². The highest BCUT2D eigenvalue weighted by Crippen LogP contribution is 2.12. The molecule has 0 aromatic heterocycles. The lowest BCUT2D eigenvalue weighted by molar-refractivity contribution is -0.116. The molecule has 0 amide bonds. The van der Waals surface area contributed by atoms with E-state index < -0.39 is 5.38 Å².